The Morgan fingerprint density at radius 3 is 2.28 bits per heavy atom. The smallest absolute Gasteiger partial charge is 0.150 e. The summed E-state index contributed by atoms with van der Waals surface area (Å²) < 4.78 is 23.0. The van der Waals surface area contributed by atoms with Gasteiger partial charge in [-0.05, 0) is 42.2 Å². The number of alkyl halides is 1. The molecule has 1 saturated carbocycles. The van der Waals surface area contributed by atoms with E-state index in [-0.39, 0.29) is 10.7 Å². The first kappa shape index (κ1) is 12.7. The zero-order valence-electron chi connectivity index (χ0n) is 10.2. The Morgan fingerprint density at radius 1 is 1.11 bits per heavy atom. The highest BCUT2D eigenvalue weighted by atomic mass is 79.9. The molecule has 0 radical (unpaired) electrons. The molecule has 0 amide bonds. The summed E-state index contributed by atoms with van der Waals surface area (Å²) in [5.41, 5.74) is 2.64. The minimum atomic E-state index is -2.79. The summed E-state index contributed by atoms with van der Waals surface area (Å²) in [6.07, 6.45) is 3.42. The maximum Gasteiger partial charge on any atom is 0.150 e. The summed E-state index contributed by atoms with van der Waals surface area (Å²) in [6, 6.07) is 8.70. The molecule has 2 aliphatic rings. The van der Waals surface area contributed by atoms with E-state index in [1.54, 1.807) is 0 Å². The van der Waals surface area contributed by atoms with Crippen LogP contribution < -0.4 is 0 Å². The van der Waals surface area contributed by atoms with Crippen LogP contribution in [0.2, 0.25) is 0 Å². The van der Waals surface area contributed by atoms with Gasteiger partial charge in [0.05, 0.1) is 11.5 Å². The second-order valence-corrected chi connectivity index (χ2v) is 8.72. The van der Waals surface area contributed by atoms with Crippen LogP contribution in [0.15, 0.2) is 24.3 Å². The lowest BCUT2D eigenvalue weighted by atomic mass is 9.97. The summed E-state index contributed by atoms with van der Waals surface area (Å²) in [6.45, 7) is 0. The first-order chi connectivity index (χ1) is 8.55. The SMILES string of the molecule is O=S1(=O)CCC(C(Br)c2ccc(C3CC3)cc2)C1. The molecule has 3 rings (SSSR count). The van der Waals surface area contributed by atoms with Crippen molar-refractivity contribution in [2.24, 2.45) is 5.92 Å². The summed E-state index contributed by atoms with van der Waals surface area (Å²) >= 11 is 3.68. The van der Waals surface area contributed by atoms with Crippen LogP contribution in [0.25, 0.3) is 0 Å². The van der Waals surface area contributed by atoms with Crippen LogP contribution in [-0.4, -0.2) is 19.9 Å². The third kappa shape index (κ3) is 2.64. The molecule has 0 N–H and O–H groups in total. The first-order valence-corrected chi connectivity index (χ1v) is 9.23. The summed E-state index contributed by atoms with van der Waals surface area (Å²) in [5.74, 6) is 1.68. The van der Waals surface area contributed by atoms with Crippen LogP contribution in [0, 0.1) is 5.92 Å². The fraction of sp³-hybridized carbons (Fsp3) is 0.571. The van der Waals surface area contributed by atoms with Crippen molar-refractivity contribution in [2.45, 2.75) is 30.0 Å². The number of hydrogen-bond acceptors (Lipinski definition) is 2. The molecular weight excluding hydrogens is 312 g/mol. The molecule has 1 aliphatic carbocycles. The van der Waals surface area contributed by atoms with Crippen molar-refractivity contribution in [1.29, 1.82) is 0 Å². The summed E-state index contributed by atoms with van der Waals surface area (Å²) in [7, 11) is -2.79. The molecule has 2 unspecified atom stereocenters. The van der Waals surface area contributed by atoms with Gasteiger partial charge in [0.25, 0.3) is 0 Å². The second kappa shape index (κ2) is 4.64. The standard InChI is InChI=1S/C14H17BrO2S/c15-14(13-7-8-18(16,17)9-13)12-5-3-11(4-6-12)10-1-2-10/h3-6,10,13-14H,1-2,7-9H2. The zero-order valence-corrected chi connectivity index (χ0v) is 12.6. The molecule has 1 heterocycles. The average Bonchev–Trinajstić information content (AvgIpc) is 3.13. The second-order valence-electron chi connectivity index (χ2n) is 5.51. The van der Waals surface area contributed by atoms with Gasteiger partial charge in [-0.25, -0.2) is 8.42 Å². The van der Waals surface area contributed by atoms with Crippen molar-refractivity contribution in [1.82, 2.24) is 0 Å². The molecular formula is C14H17BrO2S. The summed E-state index contributed by atoms with van der Waals surface area (Å²) in [5, 5.41) is 0. The van der Waals surface area contributed by atoms with Gasteiger partial charge in [0.1, 0.15) is 0 Å². The quantitative estimate of drug-likeness (QED) is 0.796. The Labute approximate surface area is 117 Å². The van der Waals surface area contributed by atoms with E-state index in [1.807, 2.05) is 0 Å². The van der Waals surface area contributed by atoms with Gasteiger partial charge in [0.15, 0.2) is 9.84 Å². The van der Waals surface area contributed by atoms with Crippen molar-refractivity contribution in [3.63, 3.8) is 0 Å². The molecule has 1 aromatic rings. The normalized spacial score (nSPS) is 28.2. The molecule has 2 nitrogen and oxygen atoms in total. The Hall–Kier alpha value is -0.350. The minimum Gasteiger partial charge on any atom is -0.229 e. The Balaban J connectivity index is 1.73. The Morgan fingerprint density at radius 2 is 1.78 bits per heavy atom. The molecule has 98 valence electrons. The third-order valence-electron chi connectivity index (χ3n) is 3.99. The highest BCUT2D eigenvalue weighted by Gasteiger charge is 2.33. The van der Waals surface area contributed by atoms with Crippen LogP contribution in [0.3, 0.4) is 0 Å². The van der Waals surface area contributed by atoms with Gasteiger partial charge in [-0.15, -0.1) is 0 Å². The van der Waals surface area contributed by atoms with E-state index in [2.05, 4.69) is 40.2 Å². The lowest BCUT2D eigenvalue weighted by molar-refractivity contribution is 0.580. The predicted molar refractivity (Wildman–Crippen MR) is 76.8 cm³/mol. The van der Waals surface area contributed by atoms with Crippen molar-refractivity contribution in [2.75, 3.05) is 11.5 Å². The molecule has 0 spiro atoms. The molecule has 1 aromatic carbocycles. The minimum absolute atomic E-state index is 0.169. The molecule has 1 aliphatic heterocycles. The maximum atomic E-state index is 11.5. The van der Waals surface area contributed by atoms with E-state index in [9.17, 15) is 8.42 Å². The van der Waals surface area contributed by atoms with Crippen molar-refractivity contribution >= 4 is 25.8 Å². The van der Waals surface area contributed by atoms with Crippen LogP contribution in [0.5, 0.6) is 0 Å². The van der Waals surface area contributed by atoms with Crippen LogP contribution >= 0.6 is 15.9 Å². The monoisotopic (exact) mass is 328 g/mol. The van der Waals surface area contributed by atoms with Crippen molar-refractivity contribution in [3.8, 4) is 0 Å². The van der Waals surface area contributed by atoms with E-state index in [0.29, 0.717) is 11.5 Å². The lowest BCUT2D eigenvalue weighted by Gasteiger charge is -2.16. The van der Waals surface area contributed by atoms with E-state index in [4.69, 9.17) is 0 Å². The molecule has 0 bridgehead atoms. The van der Waals surface area contributed by atoms with Crippen LogP contribution in [-0.2, 0) is 9.84 Å². The van der Waals surface area contributed by atoms with Gasteiger partial charge in [-0.1, -0.05) is 40.2 Å². The van der Waals surface area contributed by atoms with Gasteiger partial charge in [0.2, 0.25) is 0 Å². The topological polar surface area (TPSA) is 34.1 Å². The Kier molecular flexibility index (Phi) is 3.27. The van der Waals surface area contributed by atoms with Gasteiger partial charge >= 0.3 is 0 Å². The molecule has 2 atom stereocenters. The number of rotatable bonds is 3. The molecule has 1 saturated heterocycles. The van der Waals surface area contributed by atoms with Gasteiger partial charge < -0.3 is 0 Å². The van der Waals surface area contributed by atoms with E-state index in [1.165, 1.54) is 24.0 Å². The van der Waals surface area contributed by atoms with Crippen LogP contribution in [0.1, 0.15) is 41.1 Å². The van der Waals surface area contributed by atoms with Gasteiger partial charge in [-0.2, -0.15) is 0 Å². The van der Waals surface area contributed by atoms with Crippen molar-refractivity contribution < 1.29 is 8.42 Å². The van der Waals surface area contributed by atoms with E-state index < -0.39 is 9.84 Å². The summed E-state index contributed by atoms with van der Waals surface area (Å²) in [4.78, 5) is 0.169. The zero-order chi connectivity index (χ0) is 12.8. The molecule has 0 aromatic heterocycles. The number of halogens is 1. The average molecular weight is 329 g/mol. The van der Waals surface area contributed by atoms with Crippen molar-refractivity contribution in [3.05, 3.63) is 35.4 Å². The Bertz CT molecular complexity index is 531. The molecule has 18 heavy (non-hydrogen) atoms. The van der Waals surface area contributed by atoms with Gasteiger partial charge in [-0.3, -0.25) is 0 Å². The van der Waals surface area contributed by atoms with E-state index in [0.717, 1.165) is 12.3 Å². The number of benzene rings is 1. The van der Waals surface area contributed by atoms with Crippen LogP contribution in [0.4, 0.5) is 0 Å². The number of sulfone groups is 1. The van der Waals surface area contributed by atoms with E-state index >= 15 is 0 Å². The fourth-order valence-electron chi connectivity index (χ4n) is 2.70. The third-order valence-corrected chi connectivity index (χ3v) is 7.06. The first-order valence-electron chi connectivity index (χ1n) is 6.49. The molecule has 4 heteroatoms. The van der Waals surface area contributed by atoms with Gasteiger partial charge in [0, 0.05) is 4.83 Å². The highest BCUT2D eigenvalue weighted by Crippen LogP contribution is 2.42. The number of hydrogen-bond donors (Lipinski definition) is 0. The largest absolute Gasteiger partial charge is 0.229 e. The maximum absolute atomic E-state index is 11.5. The predicted octanol–water partition coefficient (Wildman–Crippen LogP) is 3.43. The lowest BCUT2D eigenvalue weighted by Crippen LogP contribution is -2.10. The fourth-order valence-corrected chi connectivity index (χ4v) is 5.54. The molecule has 2 fully saturated rings. The highest BCUT2D eigenvalue weighted by molar-refractivity contribution is 9.09.